The zero-order valence-corrected chi connectivity index (χ0v) is 22.7. The van der Waals surface area contributed by atoms with E-state index < -0.39 is 11.2 Å². The molecule has 204 valence electrons. The predicted molar refractivity (Wildman–Crippen MR) is 151 cm³/mol. The highest BCUT2D eigenvalue weighted by molar-refractivity contribution is 6.06. The van der Waals surface area contributed by atoms with Crippen molar-refractivity contribution < 1.29 is 4.79 Å². The highest BCUT2D eigenvalue weighted by Crippen LogP contribution is 2.45. The fourth-order valence-electron chi connectivity index (χ4n) is 4.79. The maximum absolute atomic E-state index is 13.0. The molecule has 12 nitrogen and oxygen atoms in total. The highest BCUT2D eigenvalue weighted by Gasteiger charge is 2.45. The fraction of sp³-hybridized carbons (Fsp3) is 0.357. The lowest BCUT2D eigenvalue weighted by molar-refractivity contribution is -0.112. The predicted octanol–water partition coefficient (Wildman–Crippen LogP) is 2.36. The third-order valence-corrected chi connectivity index (χ3v) is 7.46. The number of piperidine rings is 1. The quantitative estimate of drug-likeness (QED) is 0.355. The molecule has 0 aromatic carbocycles. The Labute approximate surface area is 230 Å². The molecule has 3 aromatic heterocycles. The van der Waals surface area contributed by atoms with Gasteiger partial charge in [-0.15, -0.1) is 0 Å². The van der Waals surface area contributed by atoms with Crippen molar-refractivity contribution in [1.29, 1.82) is 5.26 Å². The van der Waals surface area contributed by atoms with Gasteiger partial charge in [-0.3, -0.25) is 14.2 Å². The molecule has 2 fully saturated rings. The number of nitrogens with zero attached hydrogens (tertiary/aromatic N) is 8. The Hall–Kier alpha value is -4.92. The number of pyridine rings is 1. The molecule has 2 aliphatic rings. The summed E-state index contributed by atoms with van der Waals surface area (Å²) in [6.07, 6.45) is 6.25. The molecule has 3 aromatic rings. The standard InChI is InChI=1S/C28H29N9O3/c1-16(11-30-24-18(3)26(39)37(9-8-29)28(40)35(24)4)17(2)25(38)34-23-7-5-6-22(33-23)21-12-31-27(32-13-21)36-14-19-10-20(19)15-36/h5-7,11-13,19-20H,9-10,14-15H2,1-4H3,(H,33,34,38)/b17-16-,30-11-. The number of hydrogen-bond donors (Lipinski definition) is 1. The van der Waals surface area contributed by atoms with Crippen LogP contribution < -0.4 is 21.5 Å². The van der Waals surface area contributed by atoms with Crippen molar-refractivity contribution in [3.63, 3.8) is 0 Å². The molecule has 0 radical (unpaired) electrons. The number of rotatable bonds is 7. The smallest absolute Gasteiger partial charge is 0.333 e. The molecule has 40 heavy (non-hydrogen) atoms. The third-order valence-electron chi connectivity index (χ3n) is 7.46. The van der Waals surface area contributed by atoms with Gasteiger partial charge >= 0.3 is 5.69 Å². The summed E-state index contributed by atoms with van der Waals surface area (Å²) in [6.45, 7) is 6.58. The number of hydrogen-bond acceptors (Lipinski definition) is 9. The number of carbonyl (C=O) groups is 1. The van der Waals surface area contributed by atoms with Crippen molar-refractivity contribution >= 4 is 29.7 Å². The molecular formula is C28H29N9O3. The number of amides is 1. The molecular weight excluding hydrogens is 510 g/mol. The van der Waals surface area contributed by atoms with E-state index in [1.165, 1.54) is 31.2 Å². The van der Waals surface area contributed by atoms with Crippen LogP contribution in [0.2, 0.25) is 0 Å². The van der Waals surface area contributed by atoms with Gasteiger partial charge in [-0.05, 0) is 56.7 Å². The summed E-state index contributed by atoms with van der Waals surface area (Å²) in [4.78, 5) is 58.0. The van der Waals surface area contributed by atoms with Crippen molar-refractivity contribution in [2.45, 2.75) is 33.7 Å². The monoisotopic (exact) mass is 539 g/mol. The van der Waals surface area contributed by atoms with Gasteiger partial charge in [0.2, 0.25) is 5.95 Å². The number of nitriles is 1. The molecule has 0 spiro atoms. The average Bonchev–Trinajstić information content (AvgIpc) is 3.58. The maximum atomic E-state index is 13.0. The van der Waals surface area contributed by atoms with Crippen LogP contribution in [0.1, 0.15) is 25.8 Å². The van der Waals surface area contributed by atoms with Gasteiger partial charge in [-0.1, -0.05) is 6.07 Å². The van der Waals surface area contributed by atoms with Crippen LogP contribution in [-0.2, 0) is 18.4 Å². The fourth-order valence-corrected chi connectivity index (χ4v) is 4.79. The molecule has 0 bridgehead atoms. The van der Waals surface area contributed by atoms with E-state index in [-0.39, 0.29) is 23.8 Å². The van der Waals surface area contributed by atoms with E-state index in [0.29, 0.717) is 22.7 Å². The minimum atomic E-state index is -0.640. The minimum absolute atomic E-state index is 0.154. The minimum Gasteiger partial charge on any atom is -0.340 e. The molecule has 1 aliphatic heterocycles. The van der Waals surface area contributed by atoms with Crippen molar-refractivity contribution in [1.82, 2.24) is 24.1 Å². The lowest BCUT2D eigenvalue weighted by Gasteiger charge is -2.17. The van der Waals surface area contributed by atoms with E-state index in [4.69, 9.17) is 5.26 Å². The van der Waals surface area contributed by atoms with E-state index in [9.17, 15) is 14.4 Å². The Morgan fingerprint density at radius 2 is 1.90 bits per heavy atom. The van der Waals surface area contributed by atoms with E-state index in [2.05, 4.69) is 30.2 Å². The normalized spacial score (nSPS) is 18.3. The number of fused-ring (bicyclic) bond motifs is 1. The number of allylic oxidation sites excluding steroid dienone is 1. The number of anilines is 2. The van der Waals surface area contributed by atoms with E-state index in [1.807, 2.05) is 12.1 Å². The van der Waals surface area contributed by atoms with Crippen molar-refractivity contribution in [3.8, 4) is 17.3 Å². The van der Waals surface area contributed by atoms with E-state index in [1.54, 1.807) is 38.4 Å². The second kappa shape index (κ2) is 10.7. The summed E-state index contributed by atoms with van der Waals surface area (Å²) in [5, 5.41) is 11.7. The Bertz CT molecular complexity index is 1660. The van der Waals surface area contributed by atoms with Crippen LogP contribution in [0.5, 0.6) is 0 Å². The highest BCUT2D eigenvalue weighted by atomic mass is 16.2. The second-order valence-corrected chi connectivity index (χ2v) is 10.2. The first-order valence-corrected chi connectivity index (χ1v) is 12.9. The molecule has 1 aliphatic carbocycles. The van der Waals surface area contributed by atoms with Gasteiger partial charge in [-0.25, -0.2) is 29.3 Å². The Morgan fingerprint density at radius 3 is 2.58 bits per heavy atom. The molecule has 5 rings (SSSR count). The van der Waals surface area contributed by atoms with Gasteiger partial charge in [-0.2, -0.15) is 5.26 Å². The summed E-state index contributed by atoms with van der Waals surface area (Å²) in [6, 6.07) is 7.13. The van der Waals surface area contributed by atoms with Gasteiger partial charge in [0.1, 0.15) is 18.2 Å². The zero-order chi connectivity index (χ0) is 28.6. The van der Waals surface area contributed by atoms with Crippen LogP contribution >= 0.6 is 0 Å². The lowest BCUT2D eigenvalue weighted by Crippen LogP contribution is -2.39. The Kier molecular flexibility index (Phi) is 7.13. The van der Waals surface area contributed by atoms with Gasteiger partial charge in [0.25, 0.3) is 11.5 Å². The Morgan fingerprint density at radius 1 is 1.20 bits per heavy atom. The van der Waals surface area contributed by atoms with Gasteiger partial charge < -0.3 is 10.2 Å². The molecule has 1 saturated heterocycles. The van der Waals surface area contributed by atoms with Crippen LogP contribution in [-0.4, -0.2) is 49.3 Å². The van der Waals surface area contributed by atoms with Crippen LogP contribution in [0.15, 0.2) is 56.3 Å². The molecule has 1 saturated carbocycles. The maximum Gasteiger partial charge on any atom is 0.333 e. The Balaban J connectivity index is 1.30. The summed E-state index contributed by atoms with van der Waals surface area (Å²) in [7, 11) is 1.47. The summed E-state index contributed by atoms with van der Waals surface area (Å²) in [5.41, 5.74) is 1.30. The first kappa shape index (κ1) is 26.7. The van der Waals surface area contributed by atoms with Crippen molar-refractivity contribution in [3.05, 3.63) is 68.1 Å². The van der Waals surface area contributed by atoms with Crippen molar-refractivity contribution in [2.75, 3.05) is 23.3 Å². The zero-order valence-electron chi connectivity index (χ0n) is 22.7. The summed E-state index contributed by atoms with van der Waals surface area (Å²) < 4.78 is 2.05. The molecule has 4 heterocycles. The van der Waals surface area contributed by atoms with Crippen LogP contribution in [0, 0.1) is 30.1 Å². The van der Waals surface area contributed by atoms with Gasteiger partial charge in [0, 0.05) is 49.9 Å². The largest absolute Gasteiger partial charge is 0.340 e. The number of carbonyl (C=O) groups excluding carboxylic acids is 1. The van der Waals surface area contributed by atoms with Crippen LogP contribution in [0.4, 0.5) is 17.6 Å². The number of aliphatic imine (C=N–C) groups is 1. The lowest BCUT2D eigenvalue weighted by atomic mass is 10.1. The van der Waals surface area contributed by atoms with Crippen LogP contribution in [0.25, 0.3) is 11.3 Å². The van der Waals surface area contributed by atoms with Gasteiger partial charge in [0.05, 0.1) is 17.3 Å². The summed E-state index contributed by atoms with van der Waals surface area (Å²) in [5.74, 6) is 2.47. The molecule has 2 atom stereocenters. The molecule has 1 N–H and O–H groups in total. The molecule has 12 heteroatoms. The van der Waals surface area contributed by atoms with Crippen LogP contribution in [0.3, 0.4) is 0 Å². The number of nitrogens with one attached hydrogen (secondary N) is 1. The summed E-state index contributed by atoms with van der Waals surface area (Å²) >= 11 is 0. The average molecular weight is 540 g/mol. The van der Waals surface area contributed by atoms with Gasteiger partial charge in [0.15, 0.2) is 0 Å². The first-order chi connectivity index (χ1) is 19.2. The molecule has 2 unspecified atom stereocenters. The van der Waals surface area contributed by atoms with Crippen molar-refractivity contribution in [2.24, 2.45) is 23.9 Å². The number of aromatic nitrogens is 5. The van der Waals surface area contributed by atoms with E-state index in [0.717, 1.165) is 41.0 Å². The third kappa shape index (κ3) is 5.18. The molecule has 1 amide bonds. The topological polar surface area (TPSA) is 151 Å². The SMILES string of the molecule is CC(/C=N\c1c(C)c(=O)n(CC#N)c(=O)n1C)=C(\C)C(=O)Nc1cccc(-c2cnc(N3CC4CC4C3)nc2)n1. The second-order valence-electron chi connectivity index (χ2n) is 10.2. The van der Waals surface area contributed by atoms with E-state index >= 15 is 0 Å². The first-order valence-electron chi connectivity index (χ1n) is 12.9.